The van der Waals surface area contributed by atoms with Gasteiger partial charge in [0.1, 0.15) is 0 Å². The summed E-state index contributed by atoms with van der Waals surface area (Å²) < 4.78 is 0. The number of aliphatic hydroxyl groups excluding tert-OH is 1. The van der Waals surface area contributed by atoms with Crippen LogP contribution in [-0.2, 0) is 0 Å². The van der Waals surface area contributed by atoms with Gasteiger partial charge in [0.2, 0.25) is 0 Å². The van der Waals surface area contributed by atoms with Gasteiger partial charge in [-0.05, 0) is 41.3 Å². The Balaban J connectivity index is 2.22. The molecule has 1 unspecified atom stereocenters. The van der Waals surface area contributed by atoms with E-state index in [4.69, 9.17) is 5.26 Å². The van der Waals surface area contributed by atoms with Crippen molar-refractivity contribution in [2.24, 2.45) is 5.92 Å². The standard InChI is InChI=1S/C19H20N2O2/c1-13(2)18(12-22)21-19(23)17-5-3-4-16(10-17)15-8-6-14(11-20)7-9-15/h3-10,13,18,22H,12H2,1-2H3,(H,21,23). The molecule has 2 aromatic rings. The van der Waals surface area contributed by atoms with Crippen LogP contribution in [-0.4, -0.2) is 23.7 Å². The molecule has 4 nitrogen and oxygen atoms in total. The van der Waals surface area contributed by atoms with Gasteiger partial charge in [-0.3, -0.25) is 4.79 Å². The lowest BCUT2D eigenvalue weighted by Crippen LogP contribution is -2.41. The monoisotopic (exact) mass is 308 g/mol. The Bertz CT molecular complexity index is 715. The van der Waals surface area contributed by atoms with Gasteiger partial charge < -0.3 is 10.4 Å². The molecule has 0 aliphatic heterocycles. The first-order valence-corrected chi connectivity index (χ1v) is 7.57. The molecular formula is C19H20N2O2. The van der Waals surface area contributed by atoms with Crippen molar-refractivity contribution in [3.05, 3.63) is 59.7 Å². The smallest absolute Gasteiger partial charge is 0.251 e. The third-order valence-electron chi connectivity index (χ3n) is 3.79. The van der Waals surface area contributed by atoms with Crippen LogP contribution in [0.15, 0.2) is 48.5 Å². The van der Waals surface area contributed by atoms with Crippen LogP contribution in [0.4, 0.5) is 0 Å². The summed E-state index contributed by atoms with van der Waals surface area (Å²) in [4.78, 5) is 12.3. The molecule has 2 aromatic carbocycles. The summed E-state index contributed by atoms with van der Waals surface area (Å²) in [5.41, 5.74) is 3.00. The molecular weight excluding hydrogens is 288 g/mol. The van der Waals surface area contributed by atoms with Gasteiger partial charge in [-0.1, -0.05) is 38.1 Å². The lowest BCUT2D eigenvalue weighted by atomic mass is 10.0. The fraction of sp³-hybridized carbons (Fsp3) is 0.263. The zero-order valence-corrected chi connectivity index (χ0v) is 13.3. The van der Waals surface area contributed by atoms with Crippen molar-refractivity contribution >= 4 is 5.91 Å². The van der Waals surface area contributed by atoms with E-state index in [-0.39, 0.29) is 24.5 Å². The largest absolute Gasteiger partial charge is 0.394 e. The Kier molecular flexibility index (Phi) is 5.51. The first-order chi connectivity index (χ1) is 11.0. The molecule has 2 N–H and O–H groups in total. The van der Waals surface area contributed by atoms with E-state index in [0.29, 0.717) is 11.1 Å². The topological polar surface area (TPSA) is 73.1 Å². The van der Waals surface area contributed by atoms with E-state index in [1.54, 1.807) is 18.2 Å². The maximum atomic E-state index is 12.3. The minimum atomic E-state index is -0.263. The van der Waals surface area contributed by atoms with Crippen molar-refractivity contribution in [2.45, 2.75) is 19.9 Å². The summed E-state index contributed by atoms with van der Waals surface area (Å²) in [6.07, 6.45) is 0. The normalized spacial score (nSPS) is 11.8. The summed E-state index contributed by atoms with van der Waals surface area (Å²) >= 11 is 0. The van der Waals surface area contributed by atoms with E-state index in [9.17, 15) is 9.90 Å². The molecule has 0 bridgehead atoms. The highest BCUT2D eigenvalue weighted by atomic mass is 16.3. The molecule has 118 valence electrons. The van der Waals surface area contributed by atoms with Gasteiger partial charge in [0.15, 0.2) is 0 Å². The van der Waals surface area contributed by atoms with Crippen molar-refractivity contribution in [1.29, 1.82) is 5.26 Å². The molecule has 0 fully saturated rings. The SMILES string of the molecule is CC(C)C(CO)NC(=O)c1cccc(-c2ccc(C#N)cc2)c1. The number of aliphatic hydroxyl groups is 1. The summed E-state index contributed by atoms with van der Waals surface area (Å²) in [7, 11) is 0. The van der Waals surface area contributed by atoms with Crippen molar-refractivity contribution in [3.63, 3.8) is 0 Å². The minimum Gasteiger partial charge on any atom is -0.394 e. The van der Waals surface area contributed by atoms with Crippen LogP contribution < -0.4 is 5.32 Å². The molecule has 0 spiro atoms. The Labute approximate surface area is 136 Å². The van der Waals surface area contributed by atoms with E-state index < -0.39 is 0 Å². The summed E-state index contributed by atoms with van der Waals surface area (Å²) in [6, 6.07) is 16.4. The van der Waals surface area contributed by atoms with E-state index in [1.807, 2.05) is 44.2 Å². The highest BCUT2D eigenvalue weighted by molar-refractivity contribution is 5.95. The lowest BCUT2D eigenvalue weighted by Gasteiger charge is -2.20. The number of hydrogen-bond donors (Lipinski definition) is 2. The molecule has 4 heteroatoms. The average Bonchev–Trinajstić information content (AvgIpc) is 2.59. The number of nitriles is 1. The molecule has 1 atom stereocenters. The maximum absolute atomic E-state index is 12.3. The van der Waals surface area contributed by atoms with E-state index >= 15 is 0 Å². The second-order valence-electron chi connectivity index (χ2n) is 5.78. The zero-order chi connectivity index (χ0) is 16.8. The fourth-order valence-electron chi connectivity index (χ4n) is 2.25. The van der Waals surface area contributed by atoms with E-state index in [2.05, 4.69) is 11.4 Å². The number of carbonyl (C=O) groups excluding carboxylic acids is 1. The minimum absolute atomic E-state index is 0.0846. The highest BCUT2D eigenvalue weighted by Gasteiger charge is 2.16. The summed E-state index contributed by atoms with van der Waals surface area (Å²) in [5, 5.41) is 21.0. The number of carbonyl (C=O) groups is 1. The first kappa shape index (κ1) is 16.7. The fourth-order valence-corrected chi connectivity index (χ4v) is 2.25. The quantitative estimate of drug-likeness (QED) is 0.892. The molecule has 0 heterocycles. The second-order valence-corrected chi connectivity index (χ2v) is 5.78. The van der Waals surface area contributed by atoms with Gasteiger partial charge in [0.05, 0.1) is 24.3 Å². The molecule has 0 saturated carbocycles. The van der Waals surface area contributed by atoms with Crippen molar-refractivity contribution in [3.8, 4) is 17.2 Å². The second kappa shape index (κ2) is 7.57. The number of rotatable bonds is 5. The highest BCUT2D eigenvalue weighted by Crippen LogP contribution is 2.21. The third-order valence-corrected chi connectivity index (χ3v) is 3.79. The van der Waals surface area contributed by atoms with Gasteiger partial charge >= 0.3 is 0 Å². The summed E-state index contributed by atoms with van der Waals surface area (Å²) in [6.45, 7) is 3.82. The Morgan fingerprint density at radius 1 is 1.17 bits per heavy atom. The van der Waals surface area contributed by atoms with Crippen LogP contribution in [0.3, 0.4) is 0 Å². The van der Waals surface area contributed by atoms with Crippen LogP contribution in [0.25, 0.3) is 11.1 Å². The summed E-state index contributed by atoms with van der Waals surface area (Å²) in [5.74, 6) is -0.0427. The van der Waals surface area contributed by atoms with Crippen molar-refractivity contribution < 1.29 is 9.90 Å². The molecule has 2 rings (SSSR count). The number of benzene rings is 2. The third kappa shape index (κ3) is 4.18. The van der Waals surface area contributed by atoms with Gasteiger partial charge in [-0.15, -0.1) is 0 Å². The number of hydrogen-bond acceptors (Lipinski definition) is 3. The van der Waals surface area contributed by atoms with Gasteiger partial charge in [-0.25, -0.2) is 0 Å². The predicted octanol–water partition coefficient (Wildman–Crippen LogP) is 2.97. The molecule has 0 saturated heterocycles. The van der Waals surface area contributed by atoms with Crippen LogP contribution in [0.2, 0.25) is 0 Å². The van der Waals surface area contributed by atoms with Gasteiger partial charge in [0, 0.05) is 5.56 Å². The first-order valence-electron chi connectivity index (χ1n) is 7.57. The molecule has 0 radical (unpaired) electrons. The van der Waals surface area contributed by atoms with Crippen LogP contribution in [0.5, 0.6) is 0 Å². The van der Waals surface area contributed by atoms with Gasteiger partial charge in [0.25, 0.3) is 5.91 Å². The van der Waals surface area contributed by atoms with E-state index in [1.165, 1.54) is 0 Å². The van der Waals surface area contributed by atoms with Crippen LogP contribution in [0.1, 0.15) is 29.8 Å². The maximum Gasteiger partial charge on any atom is 0.251 e. The lowest BCUT2D eigenvalue weighted by molar-refractivity contribution is 0.0897. The van der Waals surface area contributed by atoms with E-state index in [0.717, 1.165) is 11.1 Å². The molecule has 1 amide bonds. The number of nitrogens with one attached hydrogen (secondary N) is 1. The average molecular weight is 308 g/mol. The Morgan fingerprint density at radius 2 is 1.87 bits per heavy atom. The predicted molar refractivity (Wildman–Crippen MR) is 89.8 cm³/mol. The zero-order valence-electron chi connectivity index (χ0n) is 13.3. The van der Waals surface area contributed by atoms with Gasteiger partial charge in [-0.2, -0.15) is 5.26 Å². The molecule has 0 aliphatic carbocycles. The van der Waals surface area contributed by atoms with Crippen LogP contribution in [0, 0.1) is 17.2 Å². The Hall–Kier alpha value is -2.64. The van der Waals surface area contributed by atoms with Crippen LogP contribution >= 0.6 is 0 Å². The van der Waals surface area contributed by atoms with Crippen molar-refractivity contribution in [1.82, 2.24) is 5.32 Å². The molecule has 0 aliphatic rings. The Morgan fingerprint density at radius 3 is 2.43 bits per heavy atom. The molecule has 23 heavy (non-hydrogen) atoms. The van der Waals surface area contributed by atoms with Crippen molar-refractivity contribution in [2.75, 3.05) is 6.61 Å². The molecule has 0 aromatic heterocycles. The number of amides is 1. The number of nitrogens with zero attached hydrogens (tertiary/aromatic N) is 1.